The Labute approximate surface area is 164 Å². The summed E-state index contributed by atoms with van der Waals surface area (Å²) in [6, 6.07) is 1.27. The first-order valence-electron chi connectivity index (χ1n) is 11.5. The molecule has 5 nitrogen and oxygen atoms in total. The van der Waals surface area contributed by atoms with Gasteiger partial charge in [-0.2, -0.15) is 0 Å². The van der Waals surface area contributed by atoms with Crippen LogP contribution in [-0.4, -0.2) is 59.4 Å². The monoisotopic (exact) mass is 375 g/mol. The summed E-state index contributed by atoms with van der Waals surface area (Å²) in [4.78, 5) is 30.0. The van der Waals surface area contributed by atoms with E-state index in [0.717, 1.165) is 51.6 Å². The fourth-order valence-electron chi connectivity index (χ4n) is 5.94. The Bertz CT molecular complexity index is 512. The van der Waals surface area contributed by atoms with Gasteiger partial charge in [0.25, 0.3) is 0 Å². The molecule has 0 aromatic heterocycles. The van der Waals surface area contributed by atoms with Gasteiger partial charge in [-0.1, -0.05) is 25.7 Å². The lowest BCUT2D eigenvalue weighted by Crippen LogP contribution is -2.59. The third-order valence-electron chi connectivity index (χ3n) is 7.47. The first kappa shape index (κ1) is 19.2. The summed E-state index contributed by atoms with van der Waals surface area (Å²) in [5, 5.41) is 3.39. The number of hydrogen-bond donors (Lipinski definition) is 1. The van der Waals surface area contributed by atoms with Gasteiger partial charge in [0.1, 0.15) is 0 Å². The quantitative estimate of drug-likeness (QED) is 0.821. The average molecular weight is 376 g/mol. The maximum absolute atomic E-state index is 12.8. The predicted molar refractivity (Wildman–Crippen MR) is 106 cm³/mol. The summed E-state index contributed by atoms with van der Waals surface area (Å²) >= 11 is 0. The first-order valence-corrected chi connectivity index (χ1v) is 11.5. The molecule has 1 N–H and O–H groups in total. The maximum Gasteiger partial charge on any atom is 0.236 e. The number of hydrogen-bond acceptors (Lipinski definition) is 3. The highest BCUT2D eigenvalue weighted by molar-refractivity contribution is 5.79. The van der Waals surface area contributed by atoms with Crippen molar-refractivity contribution in [3.63, 3.8) is 0 Å². The van der Waals surface area contributed by atoms with E-state index in [2.05, 4.69) is 15.1 Å². The Morgan fingerprint density at radius 3 is 2.07 bits per heavy atom. The van der Waals surface area contributed by atoms with Crippen LogP contribution < -0.4 is 5.32 Å². The molecule has 0 aromatic carbocycles. The molecule has 0 aromatic rings. The second-order valence-corrected chi connectivity index (χ2v) is 9.36. The van der Waals surface area contributed by atoms with Crippen molar-refractivity contribution in [3.8, 4) is 0 Å². The number of amides is 2. The molecule has 3 aliphatic heterocycles. The van der Waals surface area contributed by atoms with Gasteiger partial charge in [-0.05, 0) is 57.8 Å². The Morgan fingerprint density at radius 2 is 1.41 bits per heavy atom. The fourth-order valence-corrected chi connectivity index (χ4v) is 5.94. The molecule has 2 bridgehead atoms. The van der Waals surface area contributed by atoms with Crippen molar-refractivity contribution in [2.45, 2.75) is 102 Å². The van der Waals surface area contributed by atoms with Gasteiger partial charge in [0, 0.05) is 37.1 Å². The highest BCUT2D eigenvalue weighted by Gasteiger charge is 2.40. The molecule has 3 heterocycles. The molecule has 4 rings (SSSR count). The molecule has 3 saturated heterocycles. The van der Waals surface area contributed by atoms with Crippen LogP contribution in [0.15, 0.2) is 0 Å². The molecule has 1 aliphatic carbocycles. The number of carbonyl (C=O) groups is 2. The number of likely N-dealkylation sites (tertiary alicyclic amines) is 1. The van der Waals surface area contributed by atoms with Crippen LogP contribution in [0.4, 0.5) is 0 Å². The molecule has 152 valence electrons. The molecule has 1 saturated carbocycles. The molecular formula is C22H37N3O2. The van der Waals surface area contributed by atoms with Gasteiger partial charge < -0.3 is 10.2 Å². The number of carbonyl (C=O) groups excluding carboxylic acids is 2. The van der Waals surface area contributed by atoms with Crippen LogP contribution in [0.25, 0.3) is 0 Å². The number of nitrogens with zero attached hydrogens (tertiary/aromatic N) is 2. The van der Waals surface area contributed by atoms with Crippen LogP contribution in [0.3, 0.4) is 0 Å². The van der Waals surface area contributed by atoms with E-state index in [4.69, 9.17) is 0 Å². The van der Waals surface area contributed by atoms with E-state index < -0.39 is 0 Å². The van der Waals surface area contributed by atoms with E-state index in [-0.39, 0.29) is 5.92 Å². The molecule has 2 amide bonds. The van der Waals surface area contributed by atoms with Gasteiger partial charge >= 0.3 is 0 Å². The van der Waals surface area contributed by atoms with Crippen molar-refractivity contribution in [1.82, 2.24) is 15.1 Å². The highest BCUT2D eigenvalue weighted by atomic mass is 16.2. The van der Waals surface area contributed by atoms with Crippen LogP contribution in [0.1, 0.15) is 83.5 Å². The number of piperidine rings is 3. The smallest absolute Gasteiger partial charge is 0.236 e. The SMILES string of the molecule is O=C(NC1CC2CCCC(C1)N2CC(=O)N1CCCCC1)C1CCCCC1. The predicted octanol–water partition coefficient (Wildman–Crippen LogP) is 3.08. The summed E-state index contributed by atoms with van der Waals surface area (Å²) in [6.45, 7) is 2.49. The zero-order chi connectivity index (χ0) is 18.6. The summed E-state index contributed by atoms with van der Waals surface area (Å²) in [6.07, 6.45) is 15.1. The number of fused-ring (bicyclic) bond motifs is 2. The van der Waals surface area contributed by atoms with Gasteiger partial charge in [0.15, 0.2) is 0 Å². The van der Waals surface area contributed by atoms with Gasteiger partial charge in [0.2, 0.25) is 11.8 Å². The maximum atomic E-state index is 12.8. The molecule has 2 atom stereocenters. The average Bonchev–Trinajstić information content (AvgIpc) is 2.70. The lowest BCUT2D eigenvalue weighted by atomic mass is 9.81. The van der Waals surface area contributed by atoms with Crippen molar-refractivity contribution >= 4 is 11.8 Å². The summed E-state index contributed by atoms with van der Waals surface area (Å²) in [5.41, 5.74) is 0. The fraction of sp³-hybridized carbons (Fsp3) is 0.909. The Kier molecular flexibility index (Phi) is 6.36. The zero-order valence-corrected chi connectivity index (χ0v) is 16.8. The van der Waals surface area contributed by atoms with Crippen molar-refractivity contribution in [1.29, 1.82) is 0 Å². The Balaban J connectivity index is 1.31. The summed E-state index contributed by atoms with van der Waals surface area (Å²) in [7, 11) is 0. The molecule has 0 radical (unpaired) electrons. The van der Waals surface area contributed by atoms with Crippen LogP contribution in [-0.2, 0) is 9.59 Å². The lowest BCUT2D eigenvalue weighted by Gasteiger charge is -2.49. The minimum absolute atomic E-state index is 0.247. The summed E-state index contributed by atoms with van der Waals surface area (Å²) in [5.74, 6) is 0.879. The Morgan fingerprint density at radius 1 is 0.778 bits per heavy atom. The van der Waals surface area contributed by atoms with Crippen LogP contribution >= 0.6 is 0 Å². The minimum Gasteiger partial charge on any atom is -0.353 e. The highest BCUT2D eigenvalue weighted by Crippen LogP contribution is 2.34. The van der Waals surface area contributed by atoms with Gasteiger partial charge in [0.05, 0.1) is 6.54 Å². The molecule has 0 spiro atoms. The molecule has 4 aliphatic rings. The van der Waals surface area contributed by atoms with Crippen LogP contribution in [0.5, 0.6) is 0 Å². The Hall–Kier alpha value is -1.10. The first-order chi connectivity index (χ1) is 13.2. The molecule has 27 heavy (non-hydrogen) atoms. The third kappa shape index (κ3) is 4.67. The molecule has 4 fully saturated rings. The van der Waals surface area contributed by atoms with Gasteiger partial charge in [-0.15, -0.1) is 0 Å². The largest absolute Gasteiger partial charge is 0.353 e. The topological polar surface area (TPSA) is 52.7 Å². The van der Waals surface area contributed by atoms with Crippen molar-refractivity contribution in [3.05, 3.63) is 0 Å². The molecular weight excluding hydrogens is 338 g/mol. The lowest BCUT2D eigenvalue weighted by molar-refractivity contribution is -0.137. The molecule has 5 heteroatoms. The normalized spacial score (nSPS) is 32.9. The van der Waals surface area contributed by atoms with E-state index >= 15 is 0 Å². The van der Waals surface area contributed by atoms with E-state index in [0.29, 0.717) is 36.5 Å². The van der Waals surface area contributed by atoms with Crippen LogP contribution in [0, 0.1) is 5.92 Å². The number of nitrogens with one attached hydrogen (secondary N) is 1. The minimum atomic E-state index is 0.247. The van der Waals surface area contributed by atoms with Crippen molar-refractivity contribution < 1.29 is 9.59 Å². The van der Waals surface area contributed by atoms with E-state index in [1.165, 1.54) is 44.9 Å². The second kappa shape index (κ2) is 8.93. The van der Waals surface area contributed by atoms with Crippen LogP contribution in [0.2, 0.25) is 0 Å². The van der Waals surface area contributed by atoms with E-state index in [1.807, 2.05) is 0 Å². The van der Waals surface area contributed by atoms with E-state index in [1.54, 1.807) is 0 Å². The summed E-state index contributed by atoms with van der Waals surface area (Å²) < 4.78 is 0. The molecule has 2 unspecified atom stereocenters. The van der Waals surface area contributed by atoms with E-state index in [9.17, 15) is 9.59 Å². The third-order valence-corrected chi connectivity index (χ3v) is 7.47. The van der Waals surface area contributed by atoms with Crippen molar-refractivity contribution in [2.75, 3.05) is 19.6 Å². The number of rotatable bonds is 4. The standard InChI is InChI=1S/C22H37N3O2/c26-21(24-12-5-2-6-13-24)16-25-19-10-7-11-20(25)15-18(14-19)23-22(27)17-8-3-1-4-9-17/h17-20H,1-16H2,(H,23,27). The van der Waals surface area contributed by atoms with Crippen molar-refractivity contribution in [2.24, 2.45) is 5.92 Å². The van der Waals surface area contributed by atoms with Gasteiger partial charge in [-0.25, -0.2) is 0 Å². The second-order valence-electron chi connectivity index (χ2n) is 9.36. The zero-order valence-electron chi connectivity index (χ0n) is 16.8. The van der Waals surface area contributed by atoms with Gasteiger partial charge in [-0.3, -0.25) is 14.5 Å².